The van der Waals surface area contributed by atoms with Crippen LogP contribution >= 0.6 is 11.8 Å². The first-order valence-corrected chi connectivity index (χ1v) is 8.58. The minimum Gasteiger partial charge on any atom is -0.355 e. The summed E-state index contributed by atoms with van der Waals surface area (Å²) in [5.74, 6) is 2.63. The zero-order valence-electron chi connectivity index (χ0n) is 13.2. The predicted molar refractivity (Wildman–Crippen MR) is 92.9 cm³/mol. The third kappa shape index (κ3) is 3.53. The van der Waals surface area contributed by atoms with Crippen LogP contribution < -0.4 is 10.6 Å². The third-order valence-corrected chi connectivity index (χ3v) is 4.13. The predicted octanol–water partition coefficient (Wildman–Crippen LogP) is 2.68. The maximum Gasteiger partial charge on any atom is 0.261 e. The van der Waals surface area contributed by atoms with E-state index in [0.717, 1.165) is 24.0 Å². The fourth-order valence-electron chi connectivity index (χ4n) is 2.12. The molecule has 0 spiro atoms. The summed E-state index contributed by atoms with van der Waals surface area (Å²) in [7, 11) is 0. The summed E-state index contributed by atoms with van der Waals surface area (Å²) in [6.45, 7) is 5.55. The average Bonchev–Trinajstić information content (AvgIpc) is 2.98. The maximum absolute atomic E-state index is 4.50. The lowest BCUT2D eigenvalue weighted by molar-refractivity contribution is 0.887. The number of aromatic nitrogens is 5. The smallest absolute Gasteiger partial charge is 0.261 e. The van der Waals surface area contributed by atoms with Crippen molar-refractivity contribution in [2.24, 2.45) is 0 Å². The molecule has 0 saturated heterocycles. The van der Waals surface area contributed by atoms with Crippen LogP contribution in [0.2, 0.25) is 0 Å². The Morgan fingerprint density at radius 3 is 2.52 bits per heavy atom. The molecule has 7 nitrogen and oxygen atoms in total. The summed E-state index contributed by atoms with van der Waals surface area (Å²) in [5, 5.41) is 15.6. The van der Waals surface area contributed by atoms with Gasteiger partial charge in [-0.1, -0.05) is 42.1 Å². The Kier molecular flexibility index (Phi) is 4.92. The first-order chi connectivity index (χ1) is 11.3. The van der Waals surface area contributed by atoms with Crippen LogP contribution in [-0.2, 0) is 5.75 Å². The van der Waals surface area contributed by atoms with E-state index in [1.165, 1.54) is 5.56 Å². The van der Waals surface area contributed by atoms with Crippen molar-refractivity contribution < 1.29 is 0 Å². The number of hydrogen-bond donors (Lipinski definition) is 2. The first kappa shape index (κ1) is 15.5. The van der Waals surface area contributed by atoms with Crippen molar-refractivity contribution in [3.8, 4) is 0 Å². The van der Waals surface area contributed by atoms with Gasteiger partial charge in [-0.15, -0.1) is 10.2 Å². The van der Waals surface area contributed by atoms with E-state index in [-0.39, 0.29) is 0 Å². The highest BCUT2D eigenvalue weighted by molar-refractivity contribution is 7.98. The summed E-state index contributed by atoms with van der Waals surface area (Å²) in [5.41, 5.74) is 1.24. The second-order valence-electron chi connectivity index (χ2n) is 4.82. The zero-order chi connectivity index (χ0) is 16.1. The van der Waals surface area contributed by atoms with Crippen LogP contribution in [-0.4, -0.2) is 37.7 Å². The molecule has 0 aliphatic carbocycles. The molecule has 0 atom stereocenters. The van der Waals surface area contributed by atoms with E-state index in [0.29, 0.717) is 17.7 Å². The van der Waals surface area contributed by atoms with Crippen molar-refractivity contribution in [3.63, 3.8) is 0 Å². The monoisotopic (exact) mass is 329 g/mol. The number of anilines is 2. The summed E-state index contributed by atoms with van der Waals surface area (Å²) >= 11 is 1.62. The van der Waals surface area contributed by atoms with E-state index in [9.17, 15) is 0 Å². The fourth-order valence-corrected chi connectivity index (χ4v) is 3.00. The Bertz CT molecular complexity index is 772. The van der Waals surface area contributed by atoms with Crippen molar-refractivity contribution in [2.75, 3.05) is 23.7 Å². The van der Waals surface area contributed by atoms with Gasteiger partial charge in [0, 0.05) is 18.8 Å². The minimum atomic E-state index is 0.544. The molecule has 2 aromatic heterocycles. The highest BCUT2D eigenvalue weighted by atomic mass is 32.2. The fraction of sp³-hybridized carbons (Fsp3) is 0.333. The number of hydrogen-bond acceptors (Lipinski definition) is 7. The first-order valence-electron chi connectivity index (χ1n) is 7.59. The zero-order valence-corrected chi connectivity index (χ0v) is 14.0. The molecular formula is C15H19N7S. The molecule has 0 saturated carbocycles. The van der Waals surface area contributed by atoms with Gasteiger partial charge in [0.25, 0.3) is 5.78 Å². The normalized spacial score (nSPS) is 10.9. The molecule has 0 amide bonds. The van der Waals surface area contributed by atoms with E-state index in [1.54, 1.807) is 11.8 Å². The highest BCUT2D eigenvalue weighted by Crippen LogP contribution is 2.24. The maximum atomic E-state index is 4.50. The molecule has 0 aliphatic heterocycles. The van der Waals surface area contributed by atoms with E-state index in [2.05, 4.69) is 42.9 Å². The van der Waals surface area contributed by atoms with Gasteiger partial charge in [-0.2, -0.15) is 9.97 Å². The molecule has 3 rings (SSSR count). The Morgan fingerprint density at radius 2 is 1.78 bits per heavy atom. The molecule has 0 aliphatic rings. The number of fused-ring (bicyclic) bond motifs is 1. The van der Waals surface area contributed by atoms with Gasteiger partial charge >= 0.3 is 0 Å². The quantitative estimate of drug-likeness (QED) is 0.645. The van der Waals surface area contributed by atoms with Gasteiger partial charge in [0.2, 0.25) is 11.9 Å². The van der Waals surface area contributed by atoms with Gasteiger partial charge in [-0.05, 0) is 19.4 Å². The van der Waals surface area contributed by atoms with Crippen molar-refractivity contribution in [3.05, 3.63) is 35.9 Å². The van der Waals surface area contributed by atoms with Crippen LogP contribution in [0.25, 0.3) is 5.78 Å². The molecule has 2 heterocycles. The van der Waals surface area contributed by atoms with Gasteiger partial charge in [-0.25, -0.2) is 4.40 Å². The third-order valence-electron chi connectivity index (χ3n) is 3.13. The lowest BCUT2D eigenvalue weighted by Crippen LogP contribution is -2.11. The number of benzene rings is 1. The Balaban J connectivity index is 1.91. The Labute approximate surface area is 139 Å². The Hall–Kier alpha value is -2.35. The topological polar surface area (TPSA) is 80.0 Å². The van der Waals surface area contributed by atoms with Crippen molar-refractivity contribution >= 4 is 29.4 Å². The van der Waals surface area contributed by atoms with Crippen LogP contribution in [0, 0.1) is 0 Å². The van der Waals surface area contributed by atoms with E-state index < -0.39 is 0 Å². The average molecular weight is 329 g/mol. The van der Waals surface area contributed by atoms with Crippen LogP contribution in [0.5, 0.6) is 0 Å². The molecule has 3 aromatic rings. The van der Waals surface area contributed by atoms with E-state index in [1.807, 2.05) is 36.4 Å². The summed E-state index contributed by atoms with van der Waals surface area (Å²) in [6, 6.07) is 10.3. The van der Waals surface area contributed by atoms with Crippen LogP contribution in [0.4, 0.5) is 11.9 Å². The molecule has 1 aromatic carbocycles. The number of nitrogens with one attached hydrogen (secondary N) is 2. The standard InChI is InChI=1S/C15H19N7S/c1-3-16-12-18-13(17-4-2)22-14(19-12)20-21-15(22)23-10-11-8-6-5-7-9-11/h5-9H,3-4,10H2,1-2H3,(H2,16,17,18,19,20). The van der Waals surface area contributed by atoms with Crippen LogP contribution in [0.15, 0.2) is 35.5 Å². The second-order valence-corrected chi connectivity index (χ2v) is 5.77. The SMILES string of the molecule is CCNc1nc(NCC)n2c(SCc3ccccc3)nnc2n1. The summed E-state index contributed by atoms with van der Waals surface area (Å²) in [4.78, 5) is 8.90. The molecular weight excluding hydrogens is 310 g/mol. The molecule has 0 unspecified atom stereocenters. The van der Waals surface area contributed by atoms with Crippen LogP contribution in [0.1, 0.15) is 19.4 Å². The summed E-state index contributed by atoms with van der Waals surface area (Å²) in [6.07, 6.45) is 0. The minimum absolute atomic E-state index is 0.544. The van der Waals surface area contributed by atoms with Crippen LogP contribution in [0.3, 0.4) is 0 Å². The van der Waals surface area contributed by atoms with Gasteiger partial charge in [0.15, 0.2) is 5.16 Å². The number of rotatable bonds is 7. The molecule has 8 heteroatoms. The van der Waals surface area contributed by atoms with Gasteiger partial charge in [-0.3, -0.25) is 0 Å². The Morgan fingerprint density at radius 1 is 1.00 bits per heavy atom. The molecule has 2 N–H and O–H groups in total. The molecule has 0 bridgehead atoms. The van der Waals surface area contributed by atoms with Crippen molar-refractivity contribution in [2.45, 2.75) is 24.8 Å². The van der Waals surface area contributed by atoms with Crippen molar-refractivity contribution in [1.29, 1.82) is 0 Å². The van der Waals surface area contributed by atoms with Gasteiger partial charge in [0.1, 0.15) is 0 Å². The largest absolute Gasteiger partial charge is 0.355 e. The van der Waals surface area contributed by atoms with Gasteiger partial charge in [0.05, 0.1) is 0 Å². The molecule has 0 fully saturated rings. The second kappa shape index (κ2) is 7.28. The lowest BCUT2D eigenvalue weighted by atomic mass is 10.2. The molecule has 23 heavy (non-hydrogen) atoms. The van der Waals surface area contributed by atoms with E-state index in [4.69, 9.17) is 0 Å². The molecule has 120 valence electrons. The van der Waals surface area contributed by atoms with Crippen molar-refractivity contribution in [1.82, 2.24) is 24.6 Å². The van der Waals surface area contributed by atoms with Gasteiger partial charge < -0.3 is 10.6 Å². The highest BCUT2D eigenvalue weighted by Gasteiger charge is 2.14. The lowest BCUT2D eigenvalue weighted by Gasteiger charge is -2.09. The number of thioether (sulfide) groups is 1. The summed E-state index contributed by atoms with van der Waals surface area (Å²) < 4.78 is 1.86. The van der Waals surface area contributed by atoms with E-state index >= 15 is 0 Å². The number of nitrogens with zero attached hydrogens (tertiary/aromatic N) is 5. The molecule has 0 radical (unpaired) electrons.